The van der Waals surface area contributed by atoms with Gasteiger partial charge < -0.3 is 10.0 Å². The van der Waals surface area contributed by atoms with Gasteiger partial charge in [-0.05, 0) is 17.7 Å². The van der Waals surface area contributed by atoms with E-state index in [1.807, 2.05) is 36.4 Å². The number of carboxylic acid groups (broad SMARTS) is 1. The molecule has 0 aromatic heterocycles. The summed E-state index contributed by atoms with van der Waals surface area (Å²) in [7, 11) is 0. The highest BCUT2D eigenvalue weighted by Gasteiger charge is 2.28. The number of hydrogen-bond acceptors (Lipinski definition) is 3. The average Bonchev–Trinajstić information content (AvgIpc) is 2.58. The van der Waals surface area contributed by atoms with Crippen molar-refractivity contribution in [3.05, 3.63) is 66.2 Å². The van der Waals surface area contributed by atoms with Crippen LogP contribution >= 0.6 is 0 Å². The maximum absolute atomic E-state index is 11.3. The Labute approximate surface area is 137 Å². The Bertz CT molecular complexity index is 630. The first-order valence-electron chi connectivity index (χ1n) is 8.02. The maximum atomic E-state index is 11.3. The maximum Gasteiger partial charge on any atom is 0.305 e. The molecule has 1 saturated heterocycles. The summed E-state index contributed by atoms with van der Waals surface area (Å²) < 4.78 is 0. The van der Waals surface area contributed by atoms with Crippen LogP contribution in [0.1, 0.15) is 12.0 Å². The Morgan fingerprint density at radius 1 is 1.00 bits per heavy atom. The molecule has 0 saturated carbocycles. The lowest BCUT2D eigenvalue weighted by atomic mass is 10.1. The lowest BCUT2D eigenvalue weighted by Crippen LogP contribution is -2.53. The van der Waals surface area contributed by atoms with Crippen molar-refractivity contribution in [2.45, 2.75) is 19.0 Å². The largest absolute Gasteiger partial charge is 0.481 e. The van der Waals surface area contributed by atoms with E-state index in [0.717, 1.165) is 26.2 Å². The van der Waals surface area contributed by atoms with Crippen LogP contribution in [0.4, 0.5) is 5.69 Å². The predicted molar refractivity (Wildman–Crippen MR) is 91.5 cm³/mol. The molecule has 1 fully saturated rings. The Kier molecular flexibility index (Phi) is 4.93. The van der Waals surface area contributed by atoms with E-state index >= 15 is 0 Å². The first-order chi connectivity index (χ1) is 11.2. The number of hydrogen-bond donors (Lipinski definition) is 1. The molecular formula is C19H22N2O2. The standard InChI is InChI=1S/C19H22N2O2/c22-19(23)13-18-15-21(17-9-5-2-6-10-17)12-11-20(18)14-16-7-3-1-4-8-16/h1-10,18H,11-15H2,(H,22,23)/t18-/m1/s1. The second kappa shape index (κ2) is 7.29. The molecule has 120 valence electrons. The molecule has 4 heteroatoms. The van der Waals surface area contributed by atoms with Crippen LogP contribution < -0.4 is 4.90 Å². The summed E-state index contributed by atoms with van der Waals surface area (Å²) in [6.07, 6.45) is 0.177. The Morgan fingerprint density at radius 2 is 1.65 bits per heavy atom. The van der Waals surface area contributed by atoms with Crippen LogP contribution in [-0.4, -0.2) is 41.7 Å². The van der Waals surface area contributed by atoms with E-state index in [9.17, 15) is 9.90 Å². The lowest BCUT2D eigenvalue weighted by Gasteiger charge is -2.42. The molecule has 0 unspecified atom stereocenters. The summed E-state index contributed by atoms with van der Waals surface area (Å²) in [5.41, 5.74) is 2.40. The monoisotopic (exact) mass is 310 g/mol. The van der Waals surface area contributed by atoms with E-state index in [-0.39, 0.29) is 12.5 Å². The minimum Gasteiger partial charge on any atom is -0.481 e. The number of anilines is 1. The first-order valence-corrected chi connectivity index (χ1v) is 8.02. The molecule has 1 N–H and O–H groups in total. The second-order valence-corrected chi connectivity index (χ2v) is 5.99. The van der Waals surface area contributed by atoms with Crippen molar-refractivity contribution < 1.29 is 9.90 Å². The summed E-state index contributed by atoms with van der Waals surface area (Å²) in [5, 5.41) is 9.26. The van der Waals surface area contributed by atoms with Gasteiger partial charge in [-0.25, -0.2) is 0 Å². The van der Waals surface area contributed by atoms with Crippen molar-refractivity contribution >= 4 is 11.7 Å². The molecule has 2 aromatic rings. The summed E-state index contributed by atoms with van der Waals surface area (Å²) in [6, 6.07) is 20.5. The molecule has 2 aromatic carbocycles. The van der Waals surface area contributed by atoms with Gasteiger partial charge in [0.05, 0.1) is 6.42 Å². The number of piperazine rings is 1. The topological polar surface area (TPSA) is 43.8 Å². The van der Waals surface area contributed by atoms with Gasteiger partial charge in [-0.3, -0.25) is 9.69 Å². The number of rotatable bonds is 5. The average molecular weight is 310 g/mol. The second-order valence-electron chi connectivity index (χ2n) is 5.99. The highest BCUT2D eigenvalue weighted by molar-refractivity contribution is 5.67. The molecule has 1 heterocycles. The van der Waals surface area contributed by atoms with Crippen LogP contribution in [0.2, 0.25) is 0 Å². The van der Waals surface area contributed by atoms with Gasteiger partial charge >= 0.3 is 5.97 Å². The van der Waals surface area contributed by atoms with E-state index in [1.165, 1.54) is 11.3 Å². The molecule has 0 radical (unpaired) electrons. The molecular weight excluding hydrogens is 288 g/mol. The van der Waals surface area contributed by atoms with Gasteiger partial charge in [0.15, 0.2) is 0 Å². The zero-order chi connectivity index (χ0) is 16.1. The summed E-state index contributed by atoms with van der Waals surface area (Å²) in [4.78, 5) is 15.8. The number of para-hydroxylation sites is 1. The van der Waals surface area contributed by atoms with Crippen LogP contribution in [0, 0.1) is 0 Å². The number of carbonyl (C=O) groups is 1. The molecule has 4 nitrogen and oxygen atoms in total. The van der Waals surface area contributed by atoms with Crippen LogP contribution in [0.5, 0.6) is 0 Å². The molecule has 0 amide bonds. The molecule has 0 aliphatic carbocycles. The number of nitrogens with zero attached hydrogens (tertiary/aromatic N) is 2. The van der Waals surface area contributed by atoms with Gasteiger partial charge in [0.25, 0.3) is 0 Å². The third-order valence-electron chi connectivity index (χ3n) is 4.36. The lowest BCUT2D eigenvalue weighted by molar-refractivity contribution is -0.138. The fraction of sp³-hybridized carbons (Fsp3) is 0.316. The van der Waals surface area contributed by atoms with Crippen LogP contribution in [0.15, 0.2) is 60.7 Å². The highest BCUT2D eigenvalue weighted by atomic mass is 16.4. The molecule has 3 rings (SSSR count). The minimum absolute atomic E-state index is 0.0293. The Balaban J connectivity index is 1.72. The van der Waals surface area contributed by atoms with Gasteiger partial charge in [-0.15, -0.1) is 0 Å². The first kappa shape index (κ1) is 15.6. The highest BCUT2D eigenvalue weighted by Crippen LogP contribution is 2.22. The molecule has 0 bridgehead atoms. The van der Waals surface area contributed by atoms with E-state index in [0.29, 0.717) is 0 Å². The van der Waals surface area contributed by atoms with Gasteiger partial charge in [-0.2, -0.15) is 0 Å². The number of benzene rings is 2. The molecule has 1 aliphatic heterocycles. The Hall–Kier alpha value is -2.33. The fourth-order valence-electron chi connectivity index (χ4n) is 3.19. The molecule has 1 aliphatic rings. The minimum atomic E-state index is -0.733. The van der Waals surface area contributed by atoms with Crippen molar-refractivity contribution in [1.29, 1.82) is 0 Å². The smallest absolute Gasteiger partial charge is 0.305 e. The molecule has 0 spiro atoms. The fourth-order valence-corrected chi connectivity index (χ4v) is 3.19. The van der Waals surface area contributed by atoms with Crippen molar-refractivity contribution in [2.75, 3.05) is 24.5 Å². The molecule has 1 atom stereocenters. The summed E-state index contributed by atoms with van der Waals surface area (Å²) in [5.74, 6) is -0.733. The van der Waals surface area contributed by atoms with Crippen molar-refractivity contribution in [3.8, 4) is 0 Å². The van der Waals surface area contributed by atoms with E-state index in [4.69, 9.17) is 0 Å². The van der Waals surface area contributed by atoms with Crippen molar-refractivity contribution in [1.82, 2.24) is 4.90 Å². The third-order valence-corrected chi connectivity index (χ3v) is 4.36. The SMILES string of the molecule is O=C(O)C[C@@H]1CN(c2ccccc2)CCN1Cc1ccccc1. The summed E-state index contributed by atoms with van der Waals surface area (Å²) >= 11 is 0. The van der Waals surface area contributed by atoms with Crippen molar-refractivity contribution in [2.24, 2.45) is 0 Å². The predicted octanol–water partition coefficient (Wildman–Crippen LogP) is 2.85. The number of carboxylic acids is 1. The van der Waals surface area contributed by atoms with Crippen LogP contribution in [-0.2, 0) is 11.3 Å². The zero-order valence-corrected chi connectivity index (χ0v) is 13.1. The van der Waals surface area contributed by atoms with E-state index < -0.39 is 5.97 Å². The zero-order valence-electron chi connectivity index (χ0n) is 13.1. The normalized spacial score (nSPS) is 18.8. The van der Waals surface area contributed by atoms with Crippen LogP contribution in [0.3, 0.4) is 0 Å². The van der Waals surface area contributed by atoms with Crippen LogP contribution in [0.25, 0.3) is 0 Å². The number of aliphatic carboxylic acids is 1. The third kappa shape index (κ3) is 4.11. The molecule has 23 heavy (non-hydrogen) atoms. The van der Waals surface area contributed by atoms with Gasteiger partial charge in [-0.1, -0.05) is 48.5 Å². The van der Waals surface area contributed by atoms with E-state index in [2.05, 4.69) is 34.1 Å². The Morgan fingerprint density at radius 3 is 2.30 bits per heavy atom. The van der Waals surface area contributed by atoms with Gasteiger partial charge in [0.1, 0.15) is 0 Å². The quantitative estimate of drug-likeness (QED) is 0.922. The van der Waals surface area contributed by atoms with Crippen molar-refractivity contribution in [3.63, 3.8) is 0 Å². The van der Waals surface area contributed by atoms with Gasteiger partial charge in [0.2, 0.25) is 0 Å². The van der Waals surface area contributed by atoms with Gasteiger partial charge in [0, 0.05) is 37.9 Å². The summed E-state index contributed by atoms with van der Waals surface area (Å²) in [6.45, 7) is 3.36. The van der Waals surface area contributed by atoms with E-state index in [1.54, 1.807) is 0 Å².